The van der Waals surface area contributed by atoms with Crippen molar-refractivity contribution in [3.8, 4) is 11.5 Å². The molecule has 0 bridgehead atoms. The lowest BCUT2D eigenvalue weighted by atomic mass is 9.53. The van der Waals surface area contributed by atoms with Crippen molar-refractivity contribution in [1.29, 1.82) is 0 Å². The summed E-state index contributed by atoms with van der Waals surface area (Å²) in [4.78, 5) is 0. The molecule has 0 aromatic heterocycles. The molecule has 3 aliphatic rings. The highest BCUT2D eigenvalue weighted by molar-refractivity contribution is 5.44. The Balaban J connectivity index is 1.52. The molecule has 2 aliphatic carbocycles. The molecule has 1 aromatic carbocycles. The number of aliphatic hydroxyl groups is 1. The van der Waals surface area contributed by atoms with E-state index in [2.05, 4.69) is 36.4 Å². The van der Waals surface area contributed by atoms with Gasteiger partial charge in [0, 0.05) is 6.61 Å². The number of hydrogen-bond acceptors (Lipinski definition) is 3. The first-order chi connectivity index (χ1) is 10.4. The van der Waals surface area contributed by atoms with Gasteiger partial charge in [0.25, 0.3) is 0 Å². The van der Waals surface area contributed by atoms with Crippen LogP contribution in [0.5, 0.6) is 11.5 Å². The number of fused-ring (bicyclic) bond motifs is 2. The molecule has 0 spiro atoms. The summed E-state index contributed by atoms with van der Waals surface area (Å²) in [5.41, 5.74) is 1.30. The van der Waals surface area contributed by atoms with Crippen LogP contribution in [0.15, 0.2) is 42.5 Å². The Morgan fingerprint density at radius 2 is 1.76 bits per heavy atom. The topological polar surface area (TPSA) is 38.7 Å². The summed E-state index contributed by atoms with van der Waals surface area (Å²) in [6, 6.07) is 6.25. The van der Waals surface area contributed by atoms with E-state index < -0.39 is 0 Å². The van der Waals surface area contributed by atoms with Gasteiger partial charge in [0.1, 0.15) is 0 Å². The van der Waals surface area contributed by atoms with Crippen molar-refractivity contribution in [2.45, 2.75) is 12.8 Å². The average Bonchev–Trinajstić information content (AvgIpc) is 2.98. The second-order valence-electron chi connectivity index (χ2n) is 6.16. The molecule has 1 saturated carbocycles. The maximum atomic E-state index is 9.32. The first-order valence-electron chi connectivity index (χ1n) is 7.71. The number of allylic oxidation sites excluding steroid dienone is 4. The fourth-order valence-corrected chi connectivity index (χ4v) is 4.11. The Morgan fingerprint density at radius 1 is 1.00 bits per heavy atom. The van der Waals surface area contributed by atoms with Gasteiger partial charge < -0.3 is 14.6 Å². The van der Waals surface area contributed by atoms with Crippen LogP contribution < -0.4 is 9.47 Å². The van der Waals surface area contributed by atoms with E-state index in [0.717, 1.165) is 24.3 Å². The van der Waals surface area contributed by atoms with Crippen molar-refractivity contribution in [2.75, 3.05) is 13.4 Å². The molecule has 1 aromatic rings. The highest BCUT2D eigenvalue weighted by Crippen LogP contribution is 2.52. The normalized spacial score (nSPS) is 31.9. The third-order valence-corrected chi connectivity index (χ3v) is 5.13. The predicted octanol–water partition coefficient (Wildman–Crippen LogP) is 2.94. The summed E-state index contributed by atoms with van der Waals surface area (Å²) in [7, 11) is 0. The van der Waals surface area contributed by atoms with Gasteiger partial charge in [-0.1, -0.05) is 30.4 Å². The van der Waals surface area contributed by atoms with E-state index in [1.54, 1.807) is 0 Å². The zero-order valence-corrected chi connectivity index (χ0v) is 11.9. The minimum atomic E-state index is 0.281. The molecule has 0 unspecified atom stereocenters. The van der Waals surface area contributed by atoms with Crippen molar-refractivity contribution in [3.05, 3.63) is 48.1 Å². The van der Waals surface area contributed by atoms with Crippen LogP contribution in [0, 0.1) is 23.7 Å². The lowest BCUT2D eigenvalue weighted by molar-refractivity contribution is 0.0219. The standard InChI is InChI=1S/C18H20O3/c19-8-7-15-13-3-1-2-4-14(13)16(15)9-12-5-6-17-18(10-12)21-11-20-17/h1-6,10,13-16,19H,7-9,11H2/t13-,14+,15-,16-/m0/s1. The van der Waals surface area contributed by atoms with Crippen LogP contribution in [0.1, 0.15) is 12.0 Å². The largest absolute Gasteiger partial charge is 0.454 e. The average molecular weight is 284 g/mol. The molecule has 1 aliphatic heterocycles. The molecule has 0 amide bonds. The van der Waals surface area contributed by atoms with E-state index >= 15 is 0 Å². The SMILES string of the molecule is OCC[C@H]1[C@H]2C=CC=C[C@H]2[C@@H]1Cc1ccc2c(c1)OCO2. The molecule has 3 heteroatoms. The van der Waals surface area contributed by atoms with Crippen LogP contribution in [-0.4, -0.2) is 18.5 Å². The molecule has 4 atom stereocenters. The summed E-state index contributed by atoms with van der Waals surface area (Å²) in [5.74, 6) is 4.15. The third kappa shape index (κ3) is 2.16. The summed E-state index contributed by atoms with van der Waals surface area (Å²) < 4.78 is 10.8. The van der Waals surface area contributed by atoms with E-state index in [4.69, 9.17) is 9.47 Å². The van der Waals surface area contributed by atoms with Crippen molar-refractivity contribution in [2.24, 2.45) is 23.7 Å². The van der Waals surface area contributed by atoms with Gasteiger partial charge in [0.15, 0.2) is 11.5 Å². The van der Waals surface area contributed by atoms with Crippen LogP contribution in [-0.2, 0) is 6.42 Å². The number of rotatable bonds is 4. The molecule has 1 N–H and O–H groups in total. The molecule has 21 heavy (non-hydrogen) atoms. The van der Waals surface area contributed by atoms with E-state index in [9.17, 15) is 5.11 Å². The Kier molecular flexibility index (Phi) is 3.23. The zero-order chi connectivity index (χ0) is 14.2. The molecule has 0 radical (unpaired) electrons. The van der Waals surface area contributed by atoms with Crippen LogP contribution in [0.3, 0.4) is 0 Å². The second kappa shape index (κ2) is 5.23. The van der Waals surface area contributed by atoms with E-state index in [1.165, 1.54) is 5.56 Å². The summed E-state index contributed by atoms with van der Waals surface area (Å²) in [6.07, 6.45) is 10.9. The Bertz CT molecular complexity index is 590. The second-order valence-corrected chi connectivity index (χ2v) is 6.16. The molecule has 1 fully saturated rings. The van der Waals surface area contributed by atoms with Gasteiger partial charge in [0.05, 0.1) is 0 Å². The minimum absolute atomic E-state index is 0.281. The van der Waals surface area contributed by atoms with Gasteiger partial charge in [-0.25, -0.2) is 0 Å². The molecular formula is C18H20O3. The van der Waals surface area contributed by atoms with Crippen LogP contribution in [0.2, 0.25) is 0 Å². The van der Waals surface area contributed by atoms with Crippen LogP contribution >= 0.6 is 0 Å². The smallest absolute Gasteiger partial charge is 0.231 e. The molecule has 3 nitrogen and oxygen atoms in total. The van der Waals surface area contributed by atoms with E-state index in [0.29, 0.717) is 30.5 Å². The Morgan fingerprint density at radius 3 is 2.57 bits per heavy atom. The third-order valence-electron chi connectivity index (χ3n) is 5.13. The van der Waals surface area contributed by atoms with Gasteiger partial charge in [-0.2, -0.15) is 0 Å². The molecule has 1 heterocycles. The summed E-state index contributed by atoms with van der Waals surface area (Å²) in [5, 5.41) is 9.32. The number of hydrogen-bond donors (Lipinski definition) is 1. The van der Waals surface area contributed by atoms with Gasteiger partial charge in [-0.05, 0) is 54.2 Å². The van der Waals surface area contributed by atoms with Gasteiger partial charge >= 0.3 is 0 Å². The fraction of sp³-hybridized carbons (Fsp3) is 0.444. The lowest BCUT2D eigenvalue weighted by Gasteiger charge is -2.51. The quantitative estimate of drug-likeness (QED) is 0.924. The van der Waals surface area contributed by atoms with E-state index in [-0.39, 0.29) is 6.61 Å². The molecule has 4 rings (SSSR count). The van der Waals surface area contributed by atoms with Gasteiger partial charge in [-0.3, -0.25) is 0 Å². The Hall–Kier alpha value is -1.74. The van der Waals surface area contributed by atoms with E-state index in [1.807, 2.05) is 6.07 Å². The Labute approximate surface area is 124 Å². The predicted molar refractivity (Wildman–Crippen MR) is 80.2 cm³/mol. The first-order valence-corrected chi connectivity index (χ1v) is 7.71. The van der Waals surface area contributed by atoms with Crippen LogP contribution in [0.25, 0.3) is 0 Å². The maximum Gasteiger partial charge on any atom is 0.231 e. The summed E-state index contributed by atoms with van der Waals surface area (Å²) in [6.45, 7) is 0.608. The van der Waals surface area contributed by atoms with Gasteiger partial charge in [0.2, 0.25) is 6.79 Å². The highest BCUT2D eigenvalue weighted by atomic mass is 16.7. The first kappa shape index (κ1) is 13.0. The fourth-order valence-electron chi connectivity index (χ4n) is 4.11. The zero-order valence-electron chi connectivity index (χ0n) is 11.9. The molecule has 110 valence electrons. The van der Waals surface area contributed by atoms with Crippen molar-refractivity contribution in [3.63, 3.8) is 0 Å². The minimum Gasteiger partial charge on any atom is -0.454 e. The van der Waals surface area contributed by atoms with Gasteiger partial charge in [-0.15, -0.1) is 0 Å². The molecular weight excluding hydrogens is 264 g/mol. The highest BCUT2D eigenvalue weighted by Gasteiger charge is 2.47. The number of aliphatic hydroxyl groups excluding tert-OH is 1. The molecule has 0 saturated heterocycles. The number of ether oxygens (including phenoxy) is 2. The summed E-state index contributed by atoms with van der Waals surface area (Å²) >= 11 is 0. The van der Waals surface area contributed by atoms with Crippen molar-refractivity contribution in [1.82, 2.24) is 0 Å². The lowest BCUT2D eigenvalue weighted by Crippen LogP contribution is -2.47. The monoisotopic (exact) mass is 284 g/mol. The maximum absolute atomic E-state index is 9.32. The van der Waals surface area contributed by atoms with Crippen molar-refractivity contribution < 1.29 is 14.6 Å². The van der Waals surface area contributed by atoms with Crippen LogP contribution in [0.4, 0.5) is 0 Å². The number of benzene rings is 1. The van der Waals surface area contributed by atoms with Crippen molar-refractivity contribution >= 4 is 0 Å².